The number of barbiturate groups is 1. The minimum atomic E-state index is -0.914. The second kappa shape index (κ2) is 7.44. The first-order valence-corrected chi connectivity index (χ1v) is 9.28. The van der Waals surface area contributed by atoms with E-state index in [1.807, 2.05) is 54.8 Å². The Balaban J connectivity index is 1.77. The number of hydrogen-bond donors (Lipinski definition) is 1. The number of carbonyl (C=O) groups is 3. The Morgan fingerprint density at radius 1 is 0.900 bits per heavy atom. The van der Waals surface area contributed by atoms with Crippen LogP contribution in [0.1, 0.15) is 17.0 Å². The minimum absolute atomic E-state index is 0.0469. The lowest BCUT2D eigenvalue weighted by molar-refractivity contribution is -0.122. The number of urea groups is 1. The van der Waals surface area contributed by atoms with E-state index in [0.717, 1.165) is 28.0 Å². The highest BCUT2D eigenvalue weighted by atomic mass is 19.1. The standard InChI is InChI=1S/C23H18FN3O3/c1-14-11-16(15(2)26(14)18-8-4-3-5-9-18)12-20-21(28)25-23(30)27(22(20)29)19-10-6-7-17(24)13-19/h3-13H,1-2H3,(H,25,28,30)/b20-12+. The topological polar surface area (TPSA) is 71.4 Å². The largest absolute Gasteiger partial charge is 0.335 e. The van der Waals surface area contributed by atoms with Crippen LogP contribution in [0.4, 0.5) is 14.9 Å². The first-order chi connectivity index (χ1) is 14.4. The zero-order chi connectivity index (χ0) is 21.4. The number of halogens is 1. The van der Waals surface area contributed by atoms with Crippen molar-refractivity contribution in [2.45, 2.75) is 13.8 Å². The van der Waals surface area contributed by atoms with Gasteiger partial charge in [-0.2, -0.15) is 0 Å². The number of hydrogen-bond acceptors (Lipinski definition) is 3. The van der Waals surface area contributed by atoms with Crippen molar-refractivity contribution in [1.29, 1.82) is 0 Å². The number of aromatic nitrogens is 1. The van der Waals surface area contributed by atoms with Crippen molar-refractivity contribution in [3.63, 3.8) is 0 Å². The summed E-state index contributed by atoms with van der Waals surface area (Å²) in [5.74, 6) is -2.19. The summed E-state index contributed by atoms with van der Waals surface area (Å²) in [5, 5.41) is 2.15. The average Bonchev–Trinajstić information content (AvgIpc) is 2.99. The summed E-state index contributed by atoms with van der Waals surface area (Å²) in [6.07, 6.45) is 1.46. The highest BCUT2D eigenvalue weighted by molar-refractivity contribution is 6.39. The van der Waals surface area contributed by atoms with Gasteiger partial charge < -0.3 is 4.57 Å². The molecule has 6 nitrogen and oxygen atoms in total. The second-order valence-electron chi connectivity index (χ2n) is 6.94. The van der Waals surface area contributed by atoms with Crippen molar-refractivity contribution in [2.75, 3.05) is 4.90 Å². The maximum Gasteiger partial charge on any atom is 0.335 e. The van der Waals surface area contributed by atoms with Crippen LogP contribution < -0.4 is 10.2 Å². The van der Waals surface area contributed by atoms with Gasteiger partial charge in [-0.15, -0.1) is 0 Å². The van der Waals surface area contributed by atoms with Crippen molar-refractivity contribution in [2.24, 2.45) is 0 Å². The Kier molecular flexibility index (Phi) is 4.79. The molecule has 4 rings (SSSR count). The number of nitrogens with zero attached hydrogens (tertiary/aromatic N) is 2. The number of amides is 4. The van der Waals surface area contributed by atoms with Gasteiger partial charge in [0.1, 0.15) is 11.4 Å². The van der Waals surface area contributed by atoms with Crippen LogP contribution in [0.5, 0.6) is 0 Å². The van der Waals surface area contributed by atoms with E-state index in [1.165, 1.54) is 24.3 Å². The lowest BCUT2D eigenvalue weighted by Gasteiger charge is -2.26. The third-order valence-corrected chi connectivity index (χ3v) is 4.95. The van der Waals surface area contributed by atoms with E-state index in [1.54, 1.807) is 0 Å². The zero-order valence-corrected chi connectivity index (χ0v) is 16.3. The number of para-hydroxylation sites is 1. The molecule has 0 bridgehead atoms. The third kappa shape index (κ3) is 3.30. The molecule has 0 aliphatic carbocycles. The predicted molar refractivity (Wildman–Crippen MR) is 111 cm³/mol. The molecule has 1 fully saturated rings. The number of benzene rings is 2. The van der Waals surface area contributed by atoms with Gasteiger partial charge in [0.05, 0.1) is 5.69 Å². The van der Waals surface area contributed by atoms with Crippen LogP contribution in [-0.2, 0) is 9.59 Å². The van der Waals surface area contributed by atoms with Crippen molar-refractivity contribution in [1.82, 2.24) is 9.88 Å². The molecule has 1 aromatic heterocycles. The summed E-state index contributed by atoms with van der Waals surface area (Å²) in [4.78, 5) is 38.4. The van der Waals surface area contributed by atoms with Gasteiger partial charge in [0.25, 0.3) is 11.8 Å². The van der Waals surface area contributed by atoms with E-state index in [-0.39, 0.29) is 11.3 Å². The van der Waals surface area contributed by atoms with Gasteiger partial charge in [-0.1, -0.05) is 24.3 Å². The summed E-state index contributed by atoms with van der Waals surface area (Å²) < 4.78 is 15.6. The lowest BCUT2D eigenvalue weighted by atomic mass is 10.1. The van der Waals surface area contributed by atoms with E-state index >= 15 is 0 Å². The summed E-state index contributed by atoms with van der Waals surface area (Å²) in [6, 6.07) is 15.7. The number of nitrogens with one attached hydrogen (secondary N) is 1. The Morgan fingerprint density at radius 3 is 2.30 bits per heavy atom. The van der Waals surface area contributed by atoms with Gasteiger partial charge in [0.15, 0.2) is 0 Å². The lowest BCUT2D eigenvalue weighted by Crippen LogP contribution is -2.54. The molecule has 4 amide bonds. The molecule has 0 radical (unpaired) electrons. The van der Waals surface area contributed by atoms with Crippen LogP contribution in [-0.4, -0.2) is 22.4 Å². The molecule has 0 spiro atoms. The Morgan fingerprint density at radius 2 is 1.60 bits per heavy atom. The van der Waals surface area contributed by atoms with Crippen LogP contribution >= 0.6 is 0 Å². The number of aryl methyl sites for hydroxylation is 1. The zero-order valence-electron chi connectivity index (χ0n) is 16.3. The van der Waals surface area contributed by atoms with E-state index in [2.05, 4.69) is 5.32 Å². The van der Waals surface area contributed by atoms with Gasteiger partial charge >= 0.3 is 6.03 Å². The fourth-order valence-electron chi connectivity index (χ4n) is 3.57. The first-order valence-electron chi connectivity index (χ1n) is 9.28. The highest BCUT2D eigenvalue weighted by Gasteiger charge is 2.37. The summed E-state index contributed by atoms with van der Waals surface area (Å²) >= 11 is 0. The molecular formula is C23H18FN3O3. The molecule has 0 saturated carbocycles. The summed E-state index contributed by atoms with van der Waals surface area (Å²) in [6.45, 7) is 3.81. The number of carbonyl (C=O) groups excluding carboxylic acids is 3. The van der Waals surface area contributed by atoms with Crippen LogP contribution in [0.25, 0.3) is 11.8 Å². The maximum absolute atomic E-state index is 13.6. The van der Waals surface area contributed by atoms with E-state index < -0.39 is 23.7 Å². The quantitative estimate of drug-likeness (QED) is 0.533. The molecule has 1 saturated heterocycles. The van der Waals surface area contributed by atoms with Crippen molar-refractivity contribution >= 4 is 29.6 Å². The smallest absolute Gasteiger partial charge is 0.318 e. The monoisotopic (exact) mass is 403 g/mol. The molecule has 2 aromatic carbocycles. The van der Waals surface area contributed by atoms with Crippen LogP contribution in [0.3, 0.4) is 0 Å². The van der Waals surface area contributed by atoms with Gasteiger partial charge in [0.2, 0.25) is 0 Å². The van der Waals surface area contributed by atoms with E-state index in [9.17, 15) is 18.8 Å². The molecule has 1 aliphatic heterocycles. The molecule has 30 heavy (non-hydrogen) atoms. The van der Waals surface area contributed by atoms with Crippen molar-refractivity contribution in [3.8, 4) is 5.69 Å². The third-order valence-electron chi connectivity index (χ3n) is 4.95. The molecule has 150 valence electrons. The van der Waals surface area contributed by atoms with Gasteiger partial charge in [-0.05, 0) is 61.9 Å². The Hall–Kier alpha value is -4.00. The van der Waals surface area contributed by atoms with Crippen LogP contribution in [0, 0.1) is 19.7 Å². The predicted octanol–water partition coefficient (Wildman–Crippen LogP) is 3.90. The molecular weight excluding hydrogens is 385 g/mol. The van der Waals surface area contributed by atoms with Crippen molar-refractivity contribution in [3.05, 3.63) is 89.0 Å². The van der Waals surface area contributed by atoms with E-state index in [4.69, 9.17) is 0 Å². The molecule has 2 heterocycles. The normalized spacial score (nSPS) is 15.6. The molecule has 0 unspecified atom stereocenters. The minimum Gasteiger partial charge on any atom is -0.318 e. The highest BCUT2D eigenvalue weighted by Crippen LogP contribution is 2.26. The fourth-order valence-corrected chi connectivity index (χ4v) is 3.57. The number of imide groups is 2. The summed E-state index contributed by atoms with van der Waals surface area (Å²) in [7, 11) is 0. The number of anilines is 1. The Bertz CT molecular complexity index is 1210. The van der Waals surface area contributed by atoms with Gasteiger partial charge in [0, 0.05) is 17.1 Å². The SMILES string of the molecule is Cc1cc(/C=C2\C(=O)NC(=O)N(c3cccc(F)c3)C2=O)c(C)n1-c1ccccc1. The van der Waals surface area contributed by atoms with Crippen LogP contribution in [0.15, 0.2) is 66.2 Å². The van der Waals surface area contributed by atoms with Gasteiger partial charge in [-0.25, -0.2) is 14.1 Å². The molecule has 7 heteroatoms. The fraction of sp³-hybridized carbons (Fsp3) is 0.0870. The van der Waals surface area contributed by atoms with Crippen LogP contribution in [0.2, 0.25) is 0 Å². The maximum atomic E-state index is 13.6. The van der Waals surface area contributed by atoms with Crippen molar-refractivity contribution < 1.29 is 18.8 Å². The Labute approximate surface area is 172 Å². The summed E-state index contributed by atoms with van der Waals surface area (Å²) in [5.41, 5.74) is 3.22. The van der Waals surface area contributed by atoms with E-state index in [0.29, 0.717) is 5.56 Å². The average molecular weight is 403 g/mol. The number of rotatable bonds is 3. The molecule has 0 atom stereocenters. The van der Waals surface area contributed by atoms with Gasteiger partial charge in [-0.3, -0.25) is 14.9 Å². The second-order valence-corrected chi connectivity index (χ2v) is 6.94. The molecule has 1 N–H and O–H groups in total. The molecule has 1 aliphatic rings. The first kappa shape index (κ1) is 19.3. The molecule has 3 aromatic rings.